The standard InChI is InChI=1S/C22H33N5O6/c1-14(2)18(28)8-9-19(29)25-12-20(30)26-15(3)21(31)27-17-6-4-16(5-7-17)13-33-22(32)24-11-10-23/h4-7,14-15H,8-13,23H2,1-3H3,(H,24,32)(H,25,29)(H,26,30)(H,27,31). The van der Waals surface area contributed by atoms with Crippen molar-refractivity contribution in [3.63, 3.8) is 0 Å². The molecule has 1 unspecified atom stereocenters. The fourth-order valence-corrected chi connectivity index (χ4v) is 2.46. The number of amides is 4. The van der Waals surface area contributed by atoms with Crippen molar-refractivity contribution in [3.05, 3.63) is 29.8 Å². The van der Waals surface area contributed by atoms with Crippen LogP contribution < -0.4 is 27.0 Å². The Morgan fingerprint density at radius 1 is 0.939 bits per heavy atom. The van der Waals surface area contributed by atoms with E-state index in [-0.39, 0.29) is 37.7 Å². The molecule has 1 aromatic rings. The Labute approximate surface area is 193 Å². The van der Waals surface area contributed by atoms with Gasteiger partial charge in [-0.3, -0.25) is 19.2 Å². The molecule has 0 saturated carbocycles. The van der Waals surface area contributed by atoms with Crippen molar-refractivity contribution in [2.24, 2.45) is 11.7 Å². The zero-order valence-corrected chi connectivity index (χ0v) is 19.2. The summed E-state index contributed by atoms with van der Waals surface area (Å²) in [7, 11) is 0. The van der Waals surface area contributed by atoms with E-state index in [9.17, 15) is 24.0 Å². The van der Waals surface area contributed by atoms with Crippen molar-refractivity contribution in [1.29, 1.82) is 0 Å². The van der Waals surface area contributed by atoms with Gasteiger partial charge in [0.05, 0.1) is 6.54 Å². The fourth-order valence-electron chi connectivity index (χ4n) is 2.46. The molecule has 1 aromatic carbocycles. The molecule has 11 heteroatoms. The zero-order chi connectivity index (χ0) is 24.8. The molecule has 0 aliphatic rings. The van der Waals surface area contributed by atoms with Crippen LogP contribution in [0.2, 0.25) is 0 Å². The second-order valence-electron chi connectivity index (χ2n) is 7.66. The Hall–Kier alpha value is -3.47. The van der Waals surface area contributed by atoms with E-state index in [2.05, 4.69) is 21.3 Å². The first-order valence-corrected chi connectivity index (χ1v) is 10.7. The summed E-state index contributed by atoms with van der Waals surface area (Å²) in [6.07, 6.45) is -0.432. The molecule has 0 radical (unpaired) electrons. The van der Waals surface area contributed by atoms with Gasteiger partial charge in [0.15, 0.2) is 0 Å². The van der Waals surface area contributed by atoms with Crippen LogP contribution in [0.3, 0.4) is 0 Å². The van der Waals surface area contributed by atoms with Gasteiger partial charge >= 0.3 is 6.09 Å². The zero-order valence-electron chi connectivity index (χ0n) is 19.2. The van der Waals surface area contributed by atoms with Crippen LogP contribution in [-0.2, 0) is 30.5 Å². The van der Waals surface area contributed by atoms with E-state index in [0.29, 0.717) is 18.8 Å². The molecule has 1 rings (SSSR count). The number of benzene rings is 1. The van der Waals surface area contributed by atoms with E-state index < -0.39 is 29.9 Å². The lowest BCUT2D eigenvalue weighted by molar-refractivity contribution is -0.129. The second-order valence-corrected chi connectivity index (χ2v) is 7.66. The molecule has 0 bridgehead atoms. The van der Waals surface area contributed by atoms with Crippen LogP contribution in [0, 0.1) is 5.92 Å². The van der Waals surface area contributed by atoms with Crippen molar-refractivity contribution in [2.75, 3.05) is 25.0 Å². The van der Waals surface area contributed by atoms with Gasteiger partial charge in [0.25, 0.3) is 0 Å². The average molecular weight is 464 g/mol. The maximum atomic E-state index is 12.3. The molecule has 182 valence electrons. The van der Waals surface area contributed by atoms with Gasteiger partial charge in [0.1, 0.15) is 18.4 Å². The van der Waals surface area contributed by atoms with E-state index in [4.69, 9.17) is 10.5 Å². The molecule has 33 heavy (non-hydrogen) atoms. The highest BCUT2D eigenvalue weighted by Gasteiger charge is 2.17. The minimum atomic E-state index is -0.842. The lowest BCUT2D eigenvalue weighted by Gasteiger charge is -2.15. The third-order valence-electron chi connectivity index (χ3n) is 4.46. The molecular formula is C22H33N5O6. The van der Waals surface area contributed by atoms with Gasteiger partial charge in [-0.2, -0.15) is 0 Å². The molecule has 1 atom stereocenters. The molecule has 0 aromatic heterocycles. The molecule has 6 N–H and O–H groups in total. The smallest absolute Gasteiger partial charge is 0.407 e. The maximum Gasteiger partial charge on any atom is 0.407 e. The number of nitrogens with one attached hydrogen (secondary N) is 4. The normalized spacial score (nSPS) is 11.3. The highest BCUT2D eigenvalue weighted by molar-refractivity contribution is 5.97. The summed E-state index contributed by atoms with van der Waals surface area (Å²) < 4.78 is 5.02. The molecule has 4 amide bonds. The number of carbonyl (C=O) groups is 5. The molecule has 0 fully saturated rings. The quantitative estimate of drug-likeness (QED) is 0.283. The van der Waals surface area contributed by atoms with Crippen molar-refractivity contribution >= 4 is 35.3 Å². The highest BCUT2D eigenvalue weighted by Crippen LogP contribution is 2.11. The van der Waals surface area contributed by atoms with Crippen LogP contribution in [0.15, 0.2) is 24.3 Å². The topological polar surface area (TPSA) is 169 Å². The molecule has 0 aliphatic heterocycles. The minimum absolute atomic E-state index is 0.0136. The summed E-state index contributed by atoms with van der Waals surface area (Å²) >= 11 is 0. The predicted octanol–water partition coefficient (Wildman–Crippen LogP) is 0.436. The van der Waals surface area contributed by atoms with Crippen LogP contribution in [0.4, 0.5) is 10.5 Å². The summed E-state index contributed by atoms with van der Waals surface area (Å²) in [6, 6.07) is 5.82. The third kappa shape index (κ3) is 11.6. The van der Waals surface area contributed by atoms with Gasteiger partial charge in [-0.15, -0.1) is 0 Å². The van der Waals surface area contributed by atoms with E-state index in [0.717, 1.165) is 5.56 Å². The SMILES string of the molecule is CC(C)C(=O)CCC(=O)NCC(=O)NC(C)C(=O)Nc1ccc(COC(=O)NCCN)cc1. The van der Waals surface area contributed by atoms with Crippen LogP contribution >= 0.6 is 0 Å². The number of Topliss-reactive ketones (excluding diaryl/α,β-unsaturated/α-hetero) is 1. The molecule has 0 heterocycles. The van der Waals surface area contributed by atoms with E-state index >= 15 is 0 Å². The molecule has 0 saturated heterocycles. The second kappa shape index (κ2) is 14.6. The lowest BCUT2D eigenvalue weighted by atomic mass is 10.0. The Morgan fingerprint density at radius 2 is 1.61 bits per heavy atom. The number of alkyl carbamates (subject to hydrolysis) is 1. The monoisotopic (exact) mass is 463 g/mol. The number of ether oxygens (including phenoxy) is 1. The Morgan fingerprint density at radius 3 is 2.21 bits per heavy atom. The fraction of sp³-hybridized carbons (Fsp3) is 0.500. The number of nitrogens with two attached hydrogens (primary N) is 1. The third-order valence-corrected chi connectivity index (χ3v) is 4.46. The van der Waals surface area contributed by atoms with E-state index in [1.165, 1.54) is 6.92 Å². The Balaban J connectivity index is 2.36. The Bertz CT molecular complexity index is 825. The molecule has 11 nitrogen and oxygen atoms in total. The lowest BCUT2D eigenvalue weighted by Crippen LogP contribution is -2.45. The summed E-state index contributed by atoms with van der Waals surface area (Å²) in [5.74, 6) is -1.53. The number of carbonyl (C=O) groups excluding carboxylic acids is 5. The van der Waals surface area contributed by atoms with Crippen molar-refractivity contribution in [1.82, 2.24) is 16.0 Å². The average Bonchev–Trinajstić information content (AvgIpc) is 2.79. The number of ketones is 1. The van der Waals surface area contributed by atoms with E-state index in [1.54, 1.807) is 38.1 Å². The first-order chi connectivity index (χ1) is 15.6. The van der Waals surface area contributed by atoms with Crippen LogP contribution in [0.5, 0.6) is 0 Å². The first kappa shape index (κ1) is 27.6. The summed E-state index contributed by atoms with van der Waals surface area (Å²) in [4.78, 5) is 58.9. The van der Waals surface area contributed by atoms with Gasteiger partial charge in [0.2, 0.25) is 17.7 Å². The van der Waals surface area contributed by atoms with Crippen LogP contribution in [-0.4, -0.2) is 55.3 Å². The van der Waals surface area contributed by atoms with Gasteiger partial charge in [-0.05, 0) is 24.6 Å². The summed E-state index contributed by atoms with van der Waals surface area (Å²) in [6.45, 7) is 5.44. The number of anilines is 1. The minimum Gasteiger partial charge on any atom is -0.445 e. The van der Waals surface area contributed by atoms with Gasteiger partial charge in [-0.1, -0.05) is 26.0 Å². The summed E-state index contributed by atoms with van der Waals surface area (Å²) in [5, 5.41) is 10.1. The number of rotatable bonds is 13. The largest absolute Gasteiger partial charge is 0.445 e. The van der Waals surface area contributed by atoms with Crippen LogP contribution in [0.25, 0.3) is 0 Å². The molecule has 0 aliphatic carbocycles. The van der Waals surface area contributed by atoms with Gasteiger partial charge in [0, 0.05) is 37.5 Å². The number of hydrogen-bond acceptors (Lipinski definition) is 7. The van der Waals surface area contributed by atoms with Gasteiger partial charge < -0.3 is 31.7 Å². The molecular weight excluding hydrogens is 430 g/mol. The van der Waals surface area contributed by atoms with E-state index in [1.807, 2.05) is 0 Å². The van der Waals surface area contributed by atoms with Crippen LogP contribution in [0.1, 0.15) is 39.2 Å². The number of hydrogen-bond donors (Lipinski definition) is 5. The highest BCUT2D eigenvalue weighted by atomic mass is 16.5. The van der Waals surface area contributed by atoms with Gasteiger partial charge in [-0.25, -0.2) is 4.79 Å². The van der Waals surface area contributed by atoms with Crippen molar-refractivity contribution in [2.45, 2.75) is 46.3 Å². The summed E-state index contributed by atoms with van der Waals surface area (Å²) in [5.41, 5.74) is 6.51. The predicted molar refractivity (Wildman–Crippen MR) is 122 cm³/mol. The van der Waals surface area contributed by atoms with Crippen molar-refractivity contribution in [3.8, 4) is 0 Å². The van der Waals surface area contributed by atoms with Crippen molar-refractivity contribution < 1.29 is 28.7 Å². The molecule has 0 spiro atoms. The Kier molecular flexibility index (Phi) is 12.2. The first-order valence-electron chi connectivity index (χ1n) is 10.7. The maximum absolute atomic E-state index is 12.3.